The summed E-state index contributed by atoms with van der Waals surface area (Å²) in [4.78, 5) is 27.0. The highest BCUT2D eigenvalue weighted by Gasteiger charge is 2.45. The molecule has 0 saturated carbocycles. The standard InChI is InChI=1S/C14H19NO5S/c1-9(2)8-19-13(18)20-14(6-12(16)17)5-10-7-15-4-3-11(10)21-14/h7,9H,3-6,8H2,1-2H3,(H,16,17). The third kappa shape index (κ3) is 4.23. The van der Waals surface area contributed by atoms with E-state index in [1.54, 1.807) is 6.21 Å². The van der Waals surface area contributed by atoms with Crippen LogP contribution in [-0.4, -0.2) is 41.5 Å². The third-order valence-corrected chi connectivity index (χ3v) is 4.52. The molecule has 1 atom stereocenters. The van der Waals surface area contributed by atoms with E-state index >= 15 is 0 Å². The second-order valence-corrected chi connectivity index (χ2v) is 6.99. The predicted octanol–water partition coefficient (Wildman–Crippen LogP) is 2.83. The number of rotatable bonds is 5. The van der Waals surface area contributed by atoms with Gasteiger partial charge in [-0.05, 0) is 22.8 Å². The first-order chi connectivity index (χ1) is 9.90. The number of dihydropyridines is 1. The van der Waals surface area contributed by atoms with Crippen molar-refractivity contribution in [2.75, 3.05) is 13.2 Å². The van der Waals surface area contributed by atoms with Crippen LogP contribution in [0.15, 0.2) is 15.5 Å². The van der Waals surface area contributed by atoms with Crippen LogP contribution in [0.4, 0.5) is 4.79 Å². The lowest BCUT2D eigenvalue weighted by Crippen LogP contribution is -2.33. The fourth-order valence-electron chi connectivity index (χ4n) is 2.22. The number of hydrogen-bond acceptors (Lipinski definition) is 6. The molecule has 0 bridgehead atoms. The Morgan fingerprint density at radius 1 is 1.52 bits per heavy atom. The Morgan fingerprint density at radius 2 is 2.29 bits per heavy atom. The van der Waals surface area contributed by atoms with Gasteiger partial charge in [-0.3, -0.25) is 9.79 Å². The van der Waals surface area contributed by atoms with E-state index in [9.17, 15) is 9.59 Å². The fraction of sp³-hybridized carbons (Fsp3) is 0.643. The highest BCUT2D eigenvalue weighted by molar-refractivity contribution is 8.04. The average Bonchev–Trinajstić information content (AvgIpc) is 2.72. The molecule has 0 aromatic rings. The zero-order valence-corrected chi connectivity index (χ0v) is 12.9. The highest BCUT2D eigenvalue weighted by Crippen LogP contribution is 2.50. The zero-order chi connectivity index (χ0) is 15.5. The Kier molecular flexibility index (Phi) is 4.92. The number of carboxylic acids is 1. The van der Waals surface area contributed by atoms with Crippen LogP contribution < -0.4 is 0 Å². The first kappa shape index (κ1) is 15.9. The van der Waals surface area contributed by atoms with Crippen molar-refractivity contribution in [1.82, 2.24) is 0 Å². The van der Waals surface area contributed by atoms with Crippen LogP contribution in [0.3, 0.4) is 0 Å². The van der Waals surface area contributed by atoms with Gasteiger partial charge in [0, 0.05) is 19.2 Å². The molecule has 116 valence electrons. The van der Waals surface area contributed by atoms with Crippen LogP contribution in [0.2, 0.25) is 0 Å². The fourth-order valence-corrected chi connectivity index (χ4v) is 3.65. The molecular weight excluding hydrogens is 294 g/mol. The Balaban J connectivity index is 2.04. The number of thioether (sulfide) groups is 1. The molecule has 21 heavy (non-hydrogen) atoms. The molecule has 2 rings (SSSR count). The summed E-state index contributed by atoms with van der Waals surface area (Å²) >= 11 is 1.32. The van der Waals surface area contributed by atoms with Gasteiger partial charge in [0.05, 0.1) is 13.0 Å². The molecule has 0 fully saturated rings. The minimum atomic E-state index is -1.11. The molecule has 0 spiro atoms. The van der Waals surface area contributed by atoms with E-state index in [-0.39, 0.29) is 18.9 Å². The number of carbonyl (C=O) groups excluding carboxylic acids is 1. The smallest absolute Gasteiger partial charge is 0.481 e. The molecule has 2 aliphatic heterocycles. The van der Waals surface area contributed by atoms with Gasteiger partial charge in [0.2, 0.25) is 0 Å². The van der Waals surface area contributed by atoms with Gasteiger partial charge in [0.15, 0.2) is 4.93 Å². The highest BCUT2D eigenvalue weighted by atomic mass is 32.2. The van der Waals surface area contributed by atoms with Crippen molar-refractivity contribution in [3.63, 3.8) is 0 Å². The number of hydrogen-bond donors (Lipinski definition) is 1. The van der Waals surface area contributed by atoms with Gasteiger partial charge in [0.25, 0.3) is 0 Å². The van der Waals surface area contributed by atoms with Crippen molar-refractivity contribution >= 4 is 30.1 Å². The largest absolute Gasteiger partial charge is 0.509 e. The molecule has 0 aliphatic carbocycles. The molecule has 0 saturated heterocycles. The Hall–Kier alpha value is -1.50. The molecular formula is C14H19NO5S. The molecule has 2 heterocycles. The monoisotopic (exact) mass is 313 g/mol. The van der Waals surface area contributed by atoms with Crippen molar-refractivity contribution in [3.05, 3.63) is 10.5 Å². The molecule has 0 aromatic heterocycles. The maximum atomic E-state index is 11.8. The summed E-state index contributed by atoms with van der Waals surface area (Å²) in [7, 11) is 0. The maximum absolute atomic E-state index is 11.8. The summed E-state index contributed by atoms with van der Waals surface area (Å²) < 4.78 is 10.4. The average molecular weight is 313 g/mol. The Labute approximate surface area is 127 Å². The molecule has 1 unspecified atom stereocenters. The predicted molar refractivity (Wildman–Crippen MR) is 79.5 cm³/mol. The summed E-state index contributed by atoms with van der Waals surface area (Å²) in [6, 6.07) is 0. The van der Waals surface area contributed by atoms with Crippen LogP contribution in [0, 0.1) is 5.92 Å². The van der Waals surface area contributed by atoms with Gasteiger partial charge >= 0.3 is 12.1 Å². The van der Waals surface area contributed by atoms with E-state index in [0.717, 1.165) is 16.9 Å². The van der Waals surface area contributed by atoms with E-state index < -0.39 is 17.1 Å². The summed E-state index contributed by atoms with van der Waals surface area (Å²) in [5, 5.41) is 9.11. The number of carbonyl (C=O) groups is 2. The number of nitrogens with zero attached hydrogens (tertiary/aromatic N) is 1. The number of ether oxygens (including phenoxy) is 2. The number of aliphatic carboxylic acids is 1. The van der Waals surface area contributed by atoms with E-state index in [2.05, 4.69) is 4.99 Å². The second kappa shape index (κ2) is 6.51. The summed E-state index contributed by atoms with van der Waals surface area (Å²) in [6.45, 7) is 4.77. The van der Waals surface area contributed by atoms with Gasteiger partial charge in [0.1, 0.15) is 0 Å². The topological polar surface area (TPSA) is 85.2 Å². The van der Waals surface area contributed by atoms with Crippen LogP contribution in [0.25, 0.3) is 0 Å². The molecule has 0 radical (unpaired) electrons. The normalized spacial score (nSPS) is 24.1. The maximum Gasteiger partial charge on any atom is 0.509 e. The van der Waals surface area contributed by atoms with E-state index in [1.165, 1.54) is 11.8 Å². The molecule has 0 amide bonds. The lowest BCUT2D eigenvalue weighted by atomic mass is 10.0. The number of aliphatic imine (C=N–C) groups is 1. The first-order valence-corrected chi connectivity index (χ1v) is 7.70. The minimum Gasteiger partial charge on any atom is -0.481 e. The molecule has 1 N–H and O–H groups in total. The molecule has 0 aromatic carbocycles. The van der Waals surface area contributed by atoms with Crippen LogP contribution in [-0.2, 0) is 14.3 Å². The molecule has 6 nitrogen and oxygen atoms in total. The number of carboxylic acid groups (broad SMARTS) is 1. The Morgan fingerprint density at radius 3 is 2.90 bits per heavy atom. The SMILES string of the molecule is CC(C)COC(=O)OC1(CC(=O)O)CC2=C(CCN=C2)S1. The lowest BCUT2D eigenvalue weighted by molar-refractivity contribution is -0.140. The molecule has 2 aliphatic rings. The van der Waals surface area contributed by atoms with Gasteiger partial charge in [-0.15, -0.1) is 0 Å². The quantitative estimate of drug-likeness (QED) is 0.786. The minimum absolute atomic E-state index is 0.197. The summed E-state index contributed by atoms with van der Waals surface area (Å²) in [5.41, 5.74) is 0.962. The van der Waals surface area contributed by atoms with E-state index in [1.807, 2.05) is 13.8 Å². The summed E-state index contributed by atoms with van der Waals surface area (Å²) in [6.07, 6.45) is 1.81. The van der Waals surface area contributed by atoms with Crippen molar-refractivity contribution < 1.29 is 24.2 Å². The molecule has 7 heteroatoms. The lowest BCUT2D eigenvalue weighted by Gasteiger charge is -2.26. The zero-order valence-electron chi connectivity index (χ0n) is 12.1. The summed E-state index contributed by atoms with van der Waals surface area (Å²) in [5.74, 6) is -0.807. The van der Waals surface area contributed by atoms with Crippen molar-refractivity contribution in [3.8, 4) is 0 Å². The second-order valence-electron chi connectivity index (χ2n) is 5.55. The van der Waals surface area contributed by atoms with Crippen molar-refractivity contribution in [2.24, 2.45) is 10.9 Å². The van der Waals surface area contributed by atoms with Crippen LogP contribution in [0.1, 0.15) is 33.1 Å². The van der Waals surface area contributed by atoms with Crippen LogP contribution in [0.5, 0.6) is 0 Å². The van der Waals surface area contributed by atoms with Crippen molar-refractivity contribution in [1.29, 1.82) is 0 Å². The van der Waals surface area contributed by atoms with Gasteiger partial charge in [-0.25, -0.2) is 4.79 Å². The third-order valence-electron chi connectivity index (χ3n) is 3.07. The van der Waals surface area contributed by atoms with Crippen LogP contribution >= 0.6 is 11.8 Å². The van der Waals surface area contributed by atoms with Crippen molar-refractivity contribution in [2.45, 2.75) is 38.0 Å². The van der Waals surface area contributed by atoms with Gasteiger partial charge < -0.3 is 14.6 Å². The Bertz CT molecular complexity index is 500. The van der Waals surface area contributed by atoms with Gasteiger partial charge in [-0.1, -0.05) is 25.6 Å². The first-order valence-electron chi connectivity index (χ1n) is 6.88. The van der Waals surface area contributed by atoms with E-state index in [4.69, 9.17) is 14.6 Å². The van der Waals surface area contributed by atoms with E-state index in [0.29, 0.717) is 13.0 Å². The van der Waals surface area contributed by atoms with Gasteiger partial charge in [-0.2, -0.15) is 0 Å².